The number of phosphoric acid groups is 1. The monoisotopic (exact) mass is 1140 g/mol. The van der Waals surface area contributed by atoms with Crippen molar-refractivity contribution in [2.24, 2.45) is 23.7 Å². The molecule has 2 unspecified atom stereocenters. The van der Waals surface area contributed by atoms with Crippen LogP contribution in [0.25, 0.3) is 11.0 Å². The van der Waals surface area contributed by atoms with E-state index < -0.39 is 38.4 Å². The Bertz CT molecular complexity index is 2750. The highest BCUT2D eigenvalue weighted by Crippen LogP contribution is 2.38. The minimum absolute atomic E-state index is 0.0435. The van der Waals surface area contributed by atoms with E-state index in [2.05, 4.69) is 17.2 Å². The number of benzene rings is 4. The highest BCUT2D eigenvalue weighted by atomic mass is 31.2. The molecule has 2 amide bonds. The van der Waals surface area contributed by atoms with E-state index in [0.29, 0.717) is 58.6 Å². The van der Waals surface area contributed by atoms with E-state index in [1.54, 1.807) is 48.5 Å². The van der Waals surface area contributed by atoms with E-state index in [-0.39, 0.29) is 57.6 Å². The second-order valence-electron chi connectivity index (χ2n) is 21.6. The highest BCUT2D eigenvalue weighted by Gasteiger charge is 2.24. The summed E-state index contributed by atoms with van der Waals surface area (Å²) < 4.78 is 41.9. The van der Waals surface area contributed by atoms with Gasteiger partial charge in [0.1, 0.15) is 24.8 Å². The molecule has 0 radical (unpaired) electrons. The first-order valence-electron chi connectivity index (χ1n) is 28.9. The van der Waals surface area contributed by atoms with Gasteiger partial charge in [-0.2, -0.15) is 4.99 Å². The second-order valence-corrected chi connectivity index (χ2v) is 23.0. The number of aliphatic imine (C=N–C) groups is 1. The molecular weight excluding hydrogens is 1050 g/mol. The number of fused-ring (bicyclic) bond motifs is 1. The van der Waals surface area contributed by atoms with E-state index in [1.807, 2.05) is 87.4 Å². The van der Waals surface area contributed by atoms with E-state index in [9.17, 15) is 28.6 Å². The lowest BCUT2D eigenvalue weighted by atomic mass is 10.0. The lowest BCUT2D eigenvalue weighted by Gasteiger charge is -2.28. The number of para-hydroxylation sites is 1. The fourth-order valence-corrected chi connectivity index (χ4v) is 9.68. The number of hydrogen-bond donors (Lipinski definition) is 2. The zero-order valence-corrected chi connectivity index (χ0v) is 49.4. The lowest BCUT2D eigenvalue weighted by Crippen LogP contribution is -2.37. The van der Waals surface area contributed by atoms with Crippen LogP contribution in [0.2, 0.25) is 0 Å². The Kier molecular flexibility index (Phi) is 28.6. The maximum absolute atomic E-state index is 14.3. The fourth-order valence-electron chi connectivity index (χ4n) is 8.91. The Morgan fingerprint density at radius 1 is 0.704 bits per heavy atom. The van der Waals surface area contributed by atoms with Crippen molar-refractivity contribution in [2.75, 3.05) is 77.5 Å². The topological polar surface area (TPSA) is 226 Å². The summed E-state index contributed by atoms with van der Waals surface area (Å²) in [5.74, 6) is -1.52. The third kappa shape index (κ3) is 25.5. The predicted octanol–water partition coefficient (Wildman–Crippen LogP) is 11.5. The number of quaternary nitrogens is 1. The third-order valence-electron chi connectivity index (χ3n) is 13.8. The normalized spacial score (nSPS) is 12.9. The van der Waals surface area contributed by atoms with Crippen LogP contribution in [0.15, 0.2) is 108 Å². The van der Waals surface area contributed by atoms with Crippen LogP contribution < -0.4 is 20.8 Å². The molecular formula is C62H88N7O11P. The number of imidazole rings is 1. The lowest BCUT2D eigenvalue weighted by molar-refractivity contribution is -0.870. The molecule has 0 aliphatic heterocycles. The smallest absolute Gasteiger partial charge is 0.435 e. The quantitative estimate of drug-likeness (QED) is 0.00710. The molecule has 0 fully saturated rings. The maximum Gasteiger partial charge on any atom is 0.435 e. The van der Waals surface area contributed by atoms with Gasteiger partial charge in [-0.3, -0.25) is 18.9 Å². The van der Waals surface area contributed by atoms with Crippen molar-refractivity contribution in [3.05, 3.63) is 126 Å². The molecule has 4 aromatic carbocycles. The molecule has 0 bridgehead atoms. The van der Waals surface area contributed by atoms with Crippen molar-refractivity contribution in [3.8, 4) is 0 Å². The third-order valence-corrected chi connectivity index (χ3v) is 14.7. The van der Waals surface area contributed by atoms with Crippen molar-refractivity contribution >= 4 is 60.0 Å². The van der Waals surface area contributed by atoms with Gasteiger partial charge in [0, 0.05) is 42.5 Å². The number of phosphoric ester groups is 1. The van der Waals surface area contributed by atoms with Gasteiger partial charge in [0.15, 0.2) is 0 Å². The molecule has 0 spiro atoms. The number of aromatic nitrogens is 2. The minimum Gasteiger partial charge on any atom is -0.756 e. The van der Waals surface area contributed by atoms with E-state index in [4.69, 9.17) is 34.0 Å². The van der Waals surface area contributed by atoms with Crippen molar-refractivity contribution in [1.82, 2.24) is 9.55 Å². The van der Waals surface area contributed by atoms with Gasteiger partial charge in [-0.05, 0) is 79.4 Å². The van der Waals surface area contributed by atoms with Gasteiger partial charge in [-0.25, -0.2) is 9.78 Å². The summed E-state index contributed by atoms with van der Waals surface area (Å²) in [5.41, 5.74) is 10.9. The summed E-state index contributed by atoms with van der Waals surface area (Å²) in [6.07, 6.45) is 17.5. The van der Waals surface area contributed by atoms with Crippen LogP contribution in [0.1, 0.15) is 143 Å². The van der Waals surface area contributed by atoms with Gasteiger partial charge >= 0.3 is 18.0 Å². The number of ether oxygens (including phenoxy) is 3. The first-order chi connectivity index (χ1) is 39.0. The standard InChI is InChI=1S/C62H88N7O11P/c1-6-7-8-9-10-11-12-13-14-15-16-17-18-25-32-58(70)77-46-50(48-80-81(74,75)79-43-41-69(3,4)5)47-78-59(71)39-40-68(54-30-23-20-24-31-54)61(72)52-35-38-56-55(44-52)65-57(67(56)2)45-64-53-36-33-51(34-37-53)60(63)66-62(73)76-42-26-29-49-27-21-19-22-28-49/h19-24,27-28,30-31,33-38,44,50H,6-18,25-26,29,32,39-43,45-48H2,1-5H3,(H3-,63,64,66,73,74,75). The van der Waals surface area contributed by atoms with Gasteiger partial charge in [0.25, 0.3) is 13.7 Å². The number of aryl methyl sites for hydroxylation is 2. The van der Waals surface area contributed by atoms with Crippen molar-refractivity contribution in [3.63, 3.8) is 0 Å². The molecule has 442 valence electrons. The molecule has 0 aliphatic carbocycles. The molecule has 0 saturated carbocycles. The van der Waals surface area contributed by atoms with Crippen molar-refractivity contribution in [2.45, 2.75) is 129 Å². The number of unbranched alkanes of at least 4 members (excludes halogenated alkanes) is 13. The number of likely N-dealkylation sites (N-methyl/N-ethyl adjacent to an activating group) is 1. The summed E-state index contributed by atoms with van der Waals surface area (Å²) in [6, 6.07) is 31.3. The number of amidine groups is 1. The average Bonchev–Trinajstić information content (AvgIpc) is 3.83. The zero-order valence-electron chi connectivity index (χ0n) is 48.5. The molecule has 81 heavy (non-hydrogen) atoms. The molecule has 2 atom stereocenters. The summed E-state index contributed by atoms with van der Waals surface area (Å²) in [7, 11) is 2.87. The van der Waals surface area contributed by atoms with Crippen LogP contribution in [0, 0.1) is 5.92 Å². The number of nitrogens with two attached hydrogens (primary N) is 1. The Labute approximate surface area is 479 Å². The molecule has 0 saturated heterocycles. The van der Waals surface area contributed by atoms with Gasteiger partial charge in [-0.1, -0.05) is 139 Å². The molecule has 1 aromatic heterocycles. The Morgan fingerprint density at radius 3 is 1.90 bits per heavy atom. The number of amides is 2. The van der Waals surface area contributed by atoms with Crippen LogP contribution >= 0.6 is 7.82 Å². The first kappa shape index (κ1) is 65.4. The number of anilines is 2. The second kappa shape index (κ2) is 35.4. The van der Waals surface area contributed by atoms with Crippen LogP contribution in [0.3, 0.4) is 0 Å². The Hall–Kier alpha value is -6.43. The van der Waals surface area contributed by atoms with Crippen molar-refractivity contribution in [1.29, 1.82) is 0 Å². The Morgan fingerprint density at radius 2 is 1.28 bits per heavy atom. The number of esters is 2. The summed E-state index contributed by atoms with van der Waals surface area (Å²) in [4.78, 5) is 75.9. The van der Waals surface area contributed by atoms with E-state index in [1.165, 1.54) is 69.1 Å². The van der Waals surface area contributed by atoms with E-state index in [0.717, 1.165) is 42.5 Å². The largest absolute Gasteiger partial charge is 0.756 e. The van der Waals surface area contributed by atoms with Crippen LogP contribution in [0.5, 0.6) is 0 Å². The SMILES string of the molecule is CCCCCCCCCCCCCCCCC(=O)OCC(COC(=O)CCN(C(=O)c1ccc2c(c1)nc(CNc1ccc(/C(N)=N/C(=O)OCCCc3ccccc3)cc1)n2C)c1ccccc1)COP(=O)([O-])OCC[N+](C)(C)C. The zero-order chi connectivity index (χ0) is 58.3. The molecule has 5 rings (SSSR count). The highest BCUT2D eigenvalue weighted by molar-refractivity contribution is 7.45. The molecule has 3 N–H and O–H groups in total. The van der Waals surface area contributed by atoms with Gasteiger partial charge in [-0.15, -0.1) is 0 Å². The number of carbonyl (C=O) groups is 4. The molecule has 1 heterocycles. The number of nitrogens with zero attached hydrogens (tertiary/aromatic N) is 5. The number of hydrogen-bond acceptors (Lipinski definition) is 13. The molecule has 19 heteroatoms. The van der Waals surface area contributed by atoms with Gasteiger partial charge < -0.3 is 53.2 Å². The summed E-state index contributed by atoms with van der Waals surface area (Å²) >= 11 is 0. The maximum atomic E-state index is 14.3. The van der Waals surface area contributed by atoms with E-state index >= 15 is 0 Å². The van der Waals surface area contributed by atoms with Crippen LogP contribution in [-0.2, 0) is 57.4 Å². The predicted molar refractivity (Wildman–Crippen MR) is 317 cm³/mol. The molecule has 18 nitrogen and oxygen atoms in total. The van der Waals surface area contributed by atoms with Gasteiger partial charge in [0.05, 0.1) is 77.5 Å². The van der Waals surface area contributed by atoms with Crippen molar-refractivity contribution < 1.29 is 56.4 Å². The number of rotatable bonds is 39. The number of nitrogens with one attached hydrogen (secondary N) is 1. The van der Waals surface area contributed by atoms with Crippen LogP contribution in [-0.4, -0.2) is 111 Å². The Balaban J connectivity index is 1.11. The summed E-state index contributed by atoms with van der Waals surface area (Å²) in [6.45, 7) is 2.12. The van der Waals surface area contributed by atoms with Gasteiger partial charge in [0.2, 0.25) is 0 Å². The fraction of sp³-hybridized carbons (Fsp3) is 0.516. The molecule has 0 aliphatic rings. The first-order valence-corrected chi connectivity index (χ1v) is 30.4. The van der Waals surface area contributed by atoms with Crippen LogP contribution in [0.4, 0.5) is 16.2 Å². The minimum atomic E-state index is -4.73. The molecule has 5 aromatic rings. The summed E-state index contributed by atoms with van der Waals surface area (Å²) in [5, 5.41) is 3.36. The average molecular weight is 1140 g/mol. The number of carbonyl (C=O) groups excluding carboxylic acids is 4.